The van der Waals surface area contributed by atoms with E-state index in [4.69, 9.17) is 11.6 Å². The van der Waals surface area contributed by atoms with Crippen molar-refractivity contribution >= 4 is 29.1 Å². The second-order valence-corrected chi connectivity index (χ2v) is 5.56. The maximum Gasteiger partial charge on any atom is 0.229 e. The molecule has 1 heterocycles. The average molecular weight is 291 g/mol. The molecular formula is C15H19ClN4. The SMILES string of the molecule is Cc1cc(Cl)ccc1Nc1nccc(NCC(C)C)n1. The van der Waals surface area contributed by atoms with Crippen molar-refractivity contribution < 1.29 is 0 Å². The van der Waals surface area contributed by atoms with Crippen LogP contribution in [0.5, 0.6) is 0 Å². The topological polar surface area (TPSA) is 49.8 Å². The minimum absolute atomic E-state index is 0.569. The zero-order chi connectivity index (χ0) is 14.5. The predicted octanol–water partition coefficient (Wildman–Crippen LogP) is 4.25. The molecule has 1 aromatic heterocycles. The number of nitrogens with zero attached hydrogens (tertiary/aromatic N) is 2. The first-order chi connectivity index (χ1) is 9.54. The summed E-state index contributed by atoms with van der Waals surface area (Å²) in [6.07, 6.45) is 1.74. The molecule has 0 spiro atoms. The molecule has 0 amide bonds. The summed E-state index contributed by atoms with van der Waals surface area (Å²) < 4.78 is 0. The summed E-state index contributed by atoms with van der Waals surface area (Å²) >= 11 is 5.95. The lowest BCUT2D eigenvalue weighted by atomic mass is 10.2. The van der Waals surface area contributed by atoms with Gasteiger partial charge in [0, 0.05) is 23.5 Å². The Labute approximate surface area is 124 Å². The number of anilines is 3. The van der Waals surface area contributed by atoms with Gasteiger partial charge in [0.2, 0.25) is 5.95 Å². The van der Waals surface area contributed by atoms with Crippen molar-refractivity contribution in [3.8, 4) is 0 Å². The number of halogens is 1. The maximum absolute atomic E-state index is 5.95. The summed E-state index contributed by atoms with van der Waals surface area (Å²) in [5.41, 5.74) is 2.01. The van der Waals surface area contributed by atoms with Crippen LogP contribution in [0.15, 0.2) is 30.5 Å². The van der Waals surface area contributed by atoms with Gasteiger partial charge in [-0.25, -0.2) is 4.98 Å². The van der Waals surface area contributed by atoms with E-state index < -0.39 is 0 Å². The molecule has 20 heavy (non-hydrogen) atoms. The molecule has 0 aliphatic carbocycles. The highest BCUT2D eigenvalue weighted by Gasteiger charge is 2.03. The van der Waals surface area contributed by atoms with Crippen LogP contribution < -0.4 is 10.6 Å². The predicted molar refractivity (Wildman–Crippen MR) is 84.8 cm³/mol. The van der Waals surface area contributed by atoms with Gasteiger partial charge in [0.25, 0.3) is 0 Å². The van der Waals surface area contributed by atoms with E-state index in [1.807, 2.05) is 31.2 Å². The van der Waals surface area contributed by atoms with Gasteiger partial charge in [-0.15, -0.1) is 0 Å². The van der Waals surface area contributed by atoms with Crippen LogP contribution in [-0.4, -0.2) is 16.5 Å². The highest BCUT2D eigenvalue weighted by Crippen LogP contribution is 2.22. The van der Waals surface area contributed by atoms with Crippen molar-refractivity contribution in [2.24, 2.45) is 5.92 Å². The summed E-state index contributed by atoms with van der Waals surface area (Å²) in [6.45, 7) is 7.19. The molecule has 2 aromatic rings. The summed E-state index contributed by atoms with van der Waals surface area (Å²) in [6, 6.07) is 7.54. The summed E-state index contributed by atoms with van der Waals surface area (Å²) in [5, 5.41) is 7.21. The fraction of sp³-hybridized carbons (Fsp3) is 0.333. The molecule has 2 rings (SSSR count). The highest BCUT2D eigenvalue weighted by molar-refractivity contribution is 6.30. The standard InChI is InChI=1S/C15H19ClN4/c1-10(2)9-18-14-6-7-17-15(20-14)19-13-5-4-12(16)8-11(13)3/h4-8,10H,9H2,1-3H3,(H2,17,18,19,20). The van der Waals surface area contributed by atoms with Gasteiger partial charge in [-0.3, -0.25) is 0 Å². The zero-order valence-corrected chi connectivity index (χ0v) is 12.7. The molecule has 0 fully saturated rings. The molecule has 4 nitrogen and oxygen atoms in total. The molecule has 0 aliphatic rings. The molecule has 0 saturated heterocycles. The van der Waals surface area contributed by atoms with Crippen molar-refractivity contribution in [1.82, 2.24) is 9.97 Å². The molecular weight excluding hydrogens is 272 g/mol. The Balaban J connectivity index is 2.11. The molecule has 106 valence electrons. The third-order valence-corrected chi connectivity index (χ3v) is 3.02. The number of rotatable bonds is 5. The quantitative estimate of drug-likeness (QED) is 0.864. The number of hydrogen-bond donors (Lipinski definition) is 2. The van der Waals surface area contributed by atoms with Gasteiger partial charge in [0.15, 0.2) is 0 Å². The summed E-state index contributed by atoms with van der Waals surface area (Å²) in [4.78, 5) is 8.67. The smallest absolute Gasteiger partial charge is 0.229 e. The Bertz CT molecular complexity index is 584. The first-order valence-corrected chi connectivity index (χ1v) is 7.02. The van der Waals surface area contributed by atoms with Crippen molar-refractivity contribution in [1.29, 1.82) is 0 Å². The molecule has 0 bridgehead atoms. The van der Waals surface area contributed by atoms with E-state index in [1.165, 1.54) is 0 Å². The number of benzene rings is 1. The van der Waals surface area contributed by atoms with Crippen molar-refractivity contribution in [3.05, 3.63) is 41.0 Å². The Morgan fingerprint density at radius 3 is 2.75 bits per heavy atom. The van der Waals surface area contributed by atoms with Gasteiger partial charge in [-0.05, 0) is 42.7 Å². The molecule has 1 aromatic carbocycles. The summed E-state index contributed by atoms with van der Waals surface area (Å²) in [7, 11) is 0. The Morgan fingerprint density at radius 1 is 1.25 bits per heavy atom. The number of aryl methyl sites for hydroxylation is 1. The van der Waals surface area contributed by atoms with E-state index in [2.05, 4.69) is 34.4 Å². The molecule has 0 radical (unpaired) electrons. The van der Waals surface area contributed by atoms with Crippen LogP contribution in [-0.2, 0) is 0 Å². The monoisotopic (exact) mass is 290 g/mol. The average Bonchev–Trinajstić information content (AvgIpc) is 2.40. The Kier molecular flexibility index (Phi) is 4.79. The van der Waals surface area contributed by atoms with E-state index in [0.29, 0.717) is 11.9 Å². The zero-order valence-electron chi connectivity index (χ0n) is 11.9. The van der Waals surface area contributed by atoms with Crippen LogP contribution in [0.1, 0.15) is 19.4 Å². The molecule has 2 N–H and O–H groups in total. The van der Waals surface area contributed by atoms with Crippen molar-refractivity contribution in [2.75, 3.05) is 17.2 Å². The van der Waals surface area contributed by atoms with Crippen LogP contribution in [0.4, 0.5) is 17.5 Å². The van der Waals surface area contributed by atoms with Crippen molar-refractivity contribution in [3.63, 3.8) is 0 Å². The Hall–Kier alpha value is -1.81. The number of hydrogen-bond acceptors (Lipinski definition) is 4. The van der Waals surface area contributed by atoms with Gasteiger partial charge >= 0.3 is 0 Å². The van der Waals surface area contributed by atoms with Gasteiger partial charge < -0.3 is 10.6 Å². The second-order valence-electron chi connectivity index (χ2n) is 5.12. The van der Waals surface area contributed by atoms with Gasteiger partial charge in [-0.2, -0.15) is 4.98 Å². The van der Waals surface area contributed by atoms with Crippen molar-refractivity contribution in [2.45, 2.75) is 20.8 Å². The van der Waals surface area contributed by atoms with Crippen LogP contribution in [0.3, 0.4) is 0 Å². The van der Waals surface area contributed by atoms with E-state index in [-0.39, 0.29) is 0 Å². The molecule has 5 heteroatoms. The van der Waals surface area contributed by atoms with Crippen LogP contribution in [0, 0.1) is 12.8 Å². The largest absolute Gasteiger partial charge is 0.370 e. The Morgan fingerprint density at radius 2 is 2.05 bits per heavy atom. The lowest BCUT2D eigenvalue weighted by Gasteiger charge is -2.11. The van der Waals surface area contributed by atoms with E-state index >= 15 is 0 Å². The first kappa shape index (κ1) is 14.6. The fourth-order valence-electron chi connectivity index (χ4n) is 1.71. The number of nitrogens with one attached hydrogen (secondary N) is 2. The van der Waals surface area contributed by atoms with E-state index in [9.17, 15) is 0 Å². The van der Waals surface area contributed by atoms with Crippen LogP contribution in [0.25, 0.3) is 0 Å². The van der Waals surface area contributed by atoms with E-state index in [0.717, 1.165) is 28.6 Å². The van der Waals surface area contributed by atoms with Gasteiger partial charge in [0.05, 0.1) is 0 Å². The van der Waals surface area contributed by atoms with Crippen LogP contribution >= 0.6 is 11.6 Å². The highest BCUT2D eigenvalue weighted by atomic mass is 35.5. The third-order valence-electron chi connectivity index (χ3n) is 2.78. The minimum atomic E-state index is 0.569. The van der Waals surface area contributed by atoms with Gasteiger partial charge in [0.1, 0.15) is 5.82 Å². The summed E-state index contributed by atoms with van der Waals surface area (Å²) in [5.74, 6) is 1.96. The molecule has 0 aliphatic heterocycles. The molecule has 0 atom stereocenters. The van der Waals surface area contributed by atoms with Crippen LogP contribution in [0.2, 0.25) is 5.02 Å². The number of aromatic nitrogens is 2. The normalized spacial score (nSPS) is 10.7. The van der Waals surface area contributed by atoms with Gasteiger partial charge in [-0.1, -0.05) is 25.4 Å². The lowest BCUT2D eigenvalue weighted by molar-refractivity contribution is 0.687. The fourth-order valence-corrected chi connectivity index (χ4v) is 1.94. The minimum Gasteiger partial charge on any atom is -0.370 e. The maximum atomic E-state index is 5.95. The molecule has 0 unspecified atom stereocenters. The third kappa shape index (κ3) is 4.10. The lowest BCUT2D eigenvalue weighted by Crippen LogP contribution is -2.10. The first-order valence-electron chi connectivity index (χ1n) is 6.64. The second kappa shape index (κ2) is 6.57. The van der Waals surface area contributed by atoms with E-state index in [1.54, 1.807) is 6.20 Å². The molecule has 0 saturated carbocycles.